The van der Waals surface area contributed by atoms with Crippen LogP contribution < -0.4 is 5.43 Å². The second-order valence-electron chi connectivity index (χ2n) is 4.48. The Balaban J connectivity index is 2.00. The van der Waals surface area contributed by atoms with E-state index in [1.165, 1.54) is 12.8 Å². The molecule has 0 radical (unpaired) electrons. The van der Waals surface area contributed by atoms with Crippen LogP contribution >= 0.6 is 11.6 Å². The van der Waals surface area contributed by atoms with Crippen molar-refractivity contribution in [2.24, 2.45) is 0 Å². The normalized spacial score (nSPS) is 21.4. The quantitative estimate of drug-likeness (QED) is 0.867. The van der Waals surface area contributed by atoms with E-state index < -0.39 is 0 Å². The summed E-state index contributed by atoms with van der Waals surface area (Å²) in [7, 11) is 0. The Bertz CT molecular complexity index is 357. The summed E-state index contributed by atoms with van der Waals surface area (Å²) in [5.74, 6) is 0. The molecular weight excluding hydrogens is 236 g/mol. The number of piperidine rings is 1. The highest BCUT2D eigenvalue weighted by Gasteiger charge is 2.21. The molecule has 17 heavy (non-hydrogen) atoms. The van der Waals surface area contributed by atoms with E-state index in [1.807, 2.05) is 24.3 Å². The molecule has 1 aliphatic rings. The van der Waals surface area contributed by atoms with Gasteiger partial charge in [0.05, 0.1) is 5.69 Å². The van der Waals surface area contributed by atoms with Gasteiger partial charge in [0.25, 0.3) is 0 Å². The molecular formula is C13H19ClN2O. The summed E-state index contributed by atoms with van der Waals surface area (Å²) < 4.78 is 0. The van der Waals surface area contributed by atoms with Gasteiger partial charge in [-0.1, -0.05) is 24.1 Å². The molecule has 0 saturated carbocycles. The minimum Gasteiger partial charge on any atom is -0.396 e. The van der Waals surface area contributed by atoms with Crippen LogP contribution in [0.5, 0.6) is 0 Å². The van der Waals surface area contributed by atoms with Gasteiger partial charge in [0.2, 0.25) is 0 Å². The lowest BCUT2D eigenvalue weighted by atomic mass is 10.0. The molecule has 1 aromatic carbocycles. The fraction of sp³-hybridized carbons (Fsp3) is 0.538. The number of nitrogens with one attached hydrogen (secondary N) is 1. The molecule has 4 heteroatoms. The summed E-state index contributed by atoms with van der Waals surface area (Å²) in [6.07, 6.45) is 4.43. The van der Waals surface area contributed by atoms with Crippen LogP contribution in [-0.4, -0.2) is 29.3 Å². The average Bonchev–Trinajstić information content (AvgIpc) is 2.32. The first-order valence-corrected chi connectivity index (χ1v) is 6.57. The monoisotopic (exact) mass is 254 g/mol. The van der Waals surface area contributed by atoms with Crippen molar-refractivity contribution in [3.8, 4) is 0 Å². The molecule has 94 valence electrons. The molecule has 2 rings (SSSR count). The standard InChI is InChI=1S/C13H19ClN2O/c14-11-4-3-5-12(10-11)15-16-8-2-1-6-13(16)7-9-17/h3-5,10,13,15,17H,1-2,6-9H2. The van der Waals surface area contributed by atoms with Gasteiger partial charge in [-0.25, -0.2) is 5.01 Å². The van der Waals surface area contributed by atoms with Gasteiger partial charge in [-0.3, -0.25) is 0 Å². The molecule has 0 spiro atoms. The van der Waals surface area contributed by atoms with Crippen molar-refractivity contribution >= 4 is 17.3 Å². The average molecular weight is 255 g/mol. The molecule has 1 saturated heterocycles. The van der Waals surface area contributed by atoms with Crippen LogP contribution in [-0.2, 0) is 0 Å². The van der Waals surface area contributed by atoms with Crippen molar-refractivity contribution in [3.63, 3.8) is 0 Å². The van der Waals surface area contributed by atoms with Crippen molar-refractivity contribution < 1.29 is 5.11 Å². The highest BCUT2D eigenvalue weighted by atomic mass is 35.5. The number of anilines is 1. The number of nitrogens with zero attached hydrogens (tertiary/aromatic N) is 1. The lowest BCUT2D eigenvalue weighted by Gasteiger charge is -2.36. The number of rotatable bonds is 4. The van der Waals surface area contributed by atoms with Gasteiger partial charge >= 0.3 is 0 Å². The van der Waals surface area contributed by atoms with Gasteiger partial charge in [0.15, 0.2) is 0 Å². The molecule has 1 atom stereocenters. The third-order valence-electron chi connectivity index (χ3n) is 3.19. The SMILES string of the molecule is OCCC1CCCCN1Nc1cccc(Cl)c1. The fourth-order valence-corrected chi connectivity index (χ4v) is 2.51. The largest absolute Gasteiger partial charge is 0.396 e. The van der Waals surface area contributed by atoms with Crippen LogP contribution in [0.15, 0.2) is 24.3 Å². The molecule has 1 aliphatic heterocycles. The summed E-state index contributed by atoms with van der Waals surface area (Å²) >= 11 is 5.96. The first kappa shape index (κ1) is 12.7. The van der Waals surface area contributed by atoms with Crippen molar-refractivity contribution in [1.29, 1.82) is 0 Å². The van der Waals surface area contributed by atoms with Crippen LogP contribution in [0.3, 0.4) is 0 Å². The molecule has 1 heterocycles. The Hall–Kier alpha value is -0.770. The second kappa shape index (κ2) is 6.24. The molecule has 1 fully saturated rings. The first-order chi connectivity index (χ1) is 8.29. The summed E-state index contributed by atoms with van der Waals surface area (Å²) in [5, 5.41) is 12.0. The van der Waals surface area contributed by atoms with Gasteiger partial charge in [-0.2, -0.15) is 0 Å². The summed E-state index contributed by atoms with van der Waals surface area (Å²) in [6, 6.07) is 8.17. The molecule has 0 bridgehead atoms. The van der Waals surface area contributed by atoms with E-state index in [0.717, 1.165) is 30.1 Å². The predicted octanol–water partition coefficient (Wildman–Crippen LogP) is 2.90. The molecule has 1 unspecified atom stereocenters. The van der Waals surface area contributed by atoms with Gasteiger partial charge in [-0.05, 0) is 37.5 Å². The number of aliphatic hydroxyl groups excluding tert-OH is 1. The minimum absolute atomic E-state index is 0.248. The molecule has 1 aromatic rings. The fourth-order valence-electron chi connectivity index (χ4n) is 2.32. The Labute approximate surface area is 107 Å². The molecule has 0 aliphatic carbocycles. The van der Waals surface area contributed by atoms with E-state index in [1.54, 1.807) is 0 Å². The van der Waals surface area contributed by atoms with E-state index in [0.29, 0.717) is 6.04 Å². The van der Waals surface area contributed by atoms with Crippen LogP contribution in [0, 0.1) is 0 Å². The highest BCUT2D eigenvalue weighted by Crippen LogP contribution is 2.22. The molecule has 0 amide bonds. The second-order valence-corrected chi connectivity index (χ2v) is 4.91. The van der Waals surface area contributed by atoms with Crippen LogP contribution in [0.2, 0.25) is 5.02 Å². The maximum Gasteiger partial charge on any atom is 0.0505 e. The zero-order chi connectivity index (χ0) is 12.1. The number of halogens is 1. The van der Waals surface area contributed by atoms with E-state index >= 15 is 0 Å². The van der Waals surface area contributed by atoms with E-state index in [4.69, 9.17) is 16.7 Å². The number of hydrogen-bond donors (Lipinski definition) is 2. The molecule has 2 N–H and O–H groups in total. The Morgan fingerprint density at radius 2 is 2.29 bits per heavy atom. The maximum atomic E-state index is 9.07. The van der Waals surface area contributed by atoms with E-state index in [9.17, 15) is 0 Å². The smallest absolute Gasteiger partial charge is 0.0505 e. The van der Waals surface area contributed by atoms with Gasteiger partial charge < -0.3 is 10.5 Å². The number of hydrazine groups is 1. The minimum atomic E-state index is 0.248. The number of benzene rings is 1. The van der Waals surface area contributed by atoms with Crippen molar-refractivity contribution in [1.82, 2.24) is 5.01 Å². The predicted molar refractivity (Wildman–Crippen MR) is 71.1 cm³/mol. The third-order valence-corrected chi connectivity index (χ3v) is 3.42. The zero-order valence-corrected chi connectivity index (χ0v) is 10.7. The number of aliphatic hydroxyl groups is 1. The van der Waals surface area contributed by atoms with Gasteiger partial charge in [-0.15, -0.1) is 0 Å². The topological polar surface area (TPSA) is 35.5 Å². The summed E-state index contributed by atoms with van der Waals surface area (Å²) in [6.45, 7) is 1.27. The van der Waals surface area contributed by atoms with Crippen LogP contribution in [0.1, 0.15) is 25.7 Å². The first-order valence-electron chi connectivity index (χ1n) is 6.19. The van der Waals surface area contributed by atoms with Crippen molar-refractivity contribution in [2.75, 3.05) is 18.6 Å². The number of hydrogen-bond acceptors (Lipinski definition) is 3. The summed E-state index contributed by atoms with van der Waals surface area (Å²) in [4.78, 5) is 0. The highest BCUT2D eigenvalue weighted by molar-refractivity contribution is 6.30. The Kier molecular flexibility index (Phi) is 4.66. The van der Waals surface area contributed by atoms with E-state index in [-0.39, 0.29) is 6.61 Å². The summed E-state index contributed by atoms with van der Waals surface area (Å²) in [5.41, 5.74) is 4.41. The van der Waals surface area contributed by atoms with Crippen molar-refractivity contribution in [2.45, 2.75) is 31.7 Å². The van der Waals surface area contributed by atoms with Gasteiger partial charge in [0.1, 0.15) is 0 Å². The molecule has 3 nitrogen and oxygen atoms in total. The molecule has 0 aromatic heterocycles. The lowest BCUT2D eigenvalue weighted by molar-refractivity contribution is 0.145. The van der Waals surface area contributed by atoms with Gasteiger partial charge in [0, 0.05) is 24.2 Å². The Morgan fingerprint density at radius 3 is 3.06 bits per heavy atom. The lowest BCUT2D eigenvalue weighted by Crippen LogP contribution is -2.43. The maximum absolute atomic E-state index is 9.07. The third kappa shape index (κ3) is 3.60. The Morgan fingerprint density at radius 1 is 1.41 bits per heavy atom. The van der Waals surface area contributed by atoms with E-state index in [2.05, 4.69) is 10.4 Å². The van der Waals surface area contributed by atoms with Crippen molar-refractivity contribution in [3.05, 3.63) is 29.3 Å². The zero-order valence-electron chi connectivity index (χ0n) is 9.90. The van der Waals surface area contributed by atoms with Crippen LogP contribution in [0.4, 0.5) is 5.69 Å². The van der Waals surface area contributed by atoms with Crippen LogP contribution in [0.25, 0.3) is 0 Å².